The van der Waals surface area contributed by atoms with E-state index < -0.39 is 0 Å². The van der Waals surface area contributed by atoms with E-state index in [0.717, 1.165) is 38.1 Å². The molecule has 1 aromatic rings. The summed E-state index contributed by atoms with van der Waals surface area (Å²) >= 11 is 0. The van der Waals surface area contributed by atoms with Crippen LogP contribution in [0.3, 0.4) is 0 Å². The van der Waals surface area contributed by atoms with Crippen molar-refractivity contribution in [1.29, 1.82) is 0 Å². The molecule has 0 spiro atoms. The Morgan fingerprint density at radius 3 is 2.35 bits per heavy atom. The van der Waals surface area contributed by atoms with Gasteiger partial charge in [0.2, 0.25) is 0 Å². The summed E-state index contributed by atoms with van der Waals surface area (Å²) in [6, 6.07) is 8.61. The van der Waals surface area contributed by atoms with Crippen LogP contribution in [0.4, 0.5) is 0 Å². The molecule has 0 aliphatic carbocycles. The van der Waals surface area contributed by atoms with Crippen LogP contribution in [0.15, 0.2) is 24.3 Å². The maximum Gasteiger partial charge on any atom is 0.119 e. The molecule has 20 heavy (non-hydrogen) atoms. The molecule has 1 N–H and O–H groups in total. The van der Waals surface area contributed by atoms with E-state index in [4.69, 9.17) is 4.74 Å². The second-order valence-electron chi connectivity index (χ2n) is 6.19. The van der Waals surface area contributed by atoms with Crippen molar-refractivity contribution in [1.82, 2.24) is 5.32 Å². The van der Waals surface area contributed by atoms with Crippen molar-refractivity contribution in [3.8, 4) is 5.75 Å². The summed E-state index contributed by atoms with van der Waals surface area (Å²) in [5.74, 6) is 0.983. The Balaban J connectivity index is 2.45. The summed E-state index contributed by atoms with van der Waals surface area (Å²) in [6.45, 7) is 13.2. The van der Waals surface area contributed by atoms with Gasteiger partial charge in [-0.2, -0.15) is 0 Å². The molecule has 0 amide bonds. The molecule has 2 heteroatoms. The van der Waals surface area contributed by atoms with Crippen LogP contribution < -0.4 is 10.1 Å². The normalized spacial score (nSPS) is 13.2. The molecule has 1 unspecified atom stereocenters. The molecule has 0 aromatic heterocycles. The Morgan fingerprint density at radius 2 is 1.80 bits per heavy atom. The maximum atomic E-state index is 5.97. The minimum Gasteiger partial charge on any atom is -0.491 e. The zero-order chi connectivity index (χ0) is 15.0. The first-order chi connectivity index (χ1) is 9.49. The number of hydrogen-bond acceptors (Lipinski definition) is 2. The van der Waals surface area contributed by atoms with Crippen LogP contribution in [0.1, 0.15) is 59.4 Å². The molecule has 1 rings (SSSR count). The standard InChI is InChI=1S/C18H31NO/c1-6-18(4,5)16-10-12-17(13-11-16)20-15(3)9-8-14-19-7-2/h10-13,15,19H,6-9,14H2,1-5H3. The highest BCUT2D eigenvalue weighted by molar-refractivity contribution is 5.31. The number of rotatable bonds is 9. The van der Waals surface area contributed by atoms with Gasteiger partial charge in [-0.3, -0.25) is 0 Å². The van der Waals surface area contributed by atoms with Gasteiger partial charge in [-0.1, -0.05) is 39.8 Å². The third-order valence-electron chi connectivity index (χ3n) is 4.07. The molecular weight excluding hydrogens is 246 g/mol. The molecule has 0 bridgehead atoms. The Kier molecular flexibility index (Phi) is 7.08. The smallest absolute Gasteiger partial charge is 0.119 e. The Morgan fingerprint density at radius 1 is 1.15 bits per heavy atom. The van der Waals surface area contributed by atoms with Gasteiger partial charge in [0.15, 0.2) is 0 Å². The lowest BCUT2D eigenvalue weighted by atomic mass is 9.82. The molecule has 0 heterocycles. The van der Waals surface area contributed by atoms with Crippen LogP contribution >= 0.6 is 0 Å². The summed E-state index contributed by atoms with van der Waals surface area (Å²) < 4.78 is 5.97. The molecule has 0 fully saturated rings. The van der Waals surface area contributed by atoms with Gasteiger partial charge in [-0.15, -0.1) is 0 Å². The molecule has 114 valence electrons. The SMILES string of the molecule is CCNCCCC(C)Oc1ccc(C(C)(C)CC)cc1. The number of ether oxygens (including phenoxy) is 1. The van der Waals surface area contributed by atoms with Crippen molar-refractivity contribution in [2.75, 3.05) is 13.1 Å². The molecule has 0 radical (unpaired) electrons. The van der Waals surface area contributed by atoms with E-state index in [0.29, 0.717) is 0 Å². The lowest BCUT2D eigenvalue weighted by molar-refractivity contribution is 0.207. The zero-order valence-electron chi connectivity index (χ0n) is 13.8. The summed E-state index contributed by atoms with van der Waals surface area (Å²) in [6.07, 6.45) is 3.68. The van der Waals surface area contributed by atoms with Crippen LogP contribution in [0, 0.1) is 0 Å². The lowest BCUT2D eigenvalue weighted by Crippen LogP contribution is -2.18. The van der Waals surface area contributed by atoms with E-state index in [1.807, 2.05) is 0 Å². The van der Waals surface area contributed by atoms with E-state index in [1.165, 1.54) is 5.56 Å². The fourth-order valence-corrected chi connectivity index (χ4v) is 2.17. The first-order valence-electron chi connectivity index (χ1n) is 7.97. The summed E-state index contributed by atoms with van der Waals surface area (Å²) in [5.41, 5.74) is 1.63. The quantitative estimate of drug-likeness (QED) is 0.670. The van der Waals surface area contributed by atoms with Gasteiger partial charge in [0.25, 0.3) is 0 Å². The van der Waals surface area contributed by atoms with Gasteiger partial charge in [0.05, 0.1) is 6.10 Å². The average molecular weight is 277 g/mol. The Hall–Kier alpha value is -1.02. The fourth-order valence-electron chi connectivity index (χ4n) is 2.17. The largest absolute Gasteiger partial charge is 0.491 e. The number of hydrogen-bond donors (Lipinski definition) is 1. The average Bonchev–Trinajstić information content (AvgIpc) is 2.44. The Bertz CT molecular complexity index is 370. The topological polar surface area (TPSA) is 21.3 Å². The van der Waals surface area contributed by atoms with Crippen LogP contribution in [-0.4, -0.2) is 19.2 Å². The van der Waals surface area contributed by atoms with Gasteiger partial charge in [0, 0.05) is 0 Å². The van der Waals surface area contributed by atoms with Crippen LogP contribution in [0.5, 0.6) is 5.75 Å². The molecular formula is C18H31NO. The first kappa shape index (κ1) is 17.0. The highest BCUT2D eigenvalue weighted by Crippen LogP contribution is 2.28. The molecule has 0 aliphatic heterocycles. The fraction of sp³-hybridized carbons (Fsp3) is 0.667. The van der Waals surface area contributed by atoms with E-state index in [1.54, 1.807) is 0 Å². The monoisotopic (exact) mass is 277 g/mol. The zero-order valence-corrected chi connectivity index (χ0v) is 13.8. The molecule has 0 saturated carbocycles. The van der Waals surface area contributed by atoms with Crippen LogP contribution in [0.25, 0.3) is 0 Å². The van der Waals surface area contributed by atoms with Crippen molar-refractivity contribution in [2.24, 2.45) is 0 Å². The van der Waals surface area contributed by atoms with Crippen molar-refractivity contribution in [2.45, 2.75) is 65.4 Å². The van der Waals surface area contributed by atoms with Crippen molar-refractivity contribution in [3.63, 3.8) is 0 Å². The van der Waals surface area contributed by atoms with Gasteiger partial charge in [-0.25, -0.2) is 0 Å². The van der Waals surface area contributed by atoms with Gasteiger partial charge < -0.3 is 10.1 Å². The number of benzene rings is 1. The van der Waals surface area contributed by atoms with Crippen LogP contribution in [-0.2, 0) is 5.41 Å². The minimum absolute atomic E-state index is 0.246. The van der Waals surface area contributed by atoms with Crippen molar-refractivity contribution >= 4 is 0 Å². The maximum absolute atomic E-state index is 5.97. The third kappa shape index (κ3) is 5.54. The predicted octanol–water partition coefficient (Wildman–Crippen LogP) is 4.53. The van der Waals surface area contributed by atoms with Crippen molar-refractivity contribution < 1.29 is 4.74 Å². The number of nitrogens with one attached hydrogen (secondary N) is 1. The van der Waals surface area contributed by atoms with E-state index in [-0.39, 0.29) is 11.5 Å². The van der Waals surface area contributed by atoms with E-state index in [2.05, 4.69) is 64.2 Å². The first-order valence-corrected chi connectivity index (χ1v) is 7.97. The summed E-state index contributed by atoms with van der Waals surface area (Å²) in [5, 5.41) is 3.34. The Labute approximate surface area is 124 Å². The van der Waals surface area contributed by atoms with E-state index >= 15 is 0 Å². The second-order valence-corrected chi connectivity index (χ2v) is 6.19. The predicted molar refractivity (Wildman–Crippen MR) is 87.6 cm³/mol. The van der Waals surface area contributed by atoms with Gasteiger partial charge in [-0.05, 0) is 62.4 Å². The lowest BCUT2D eigenvalue weighted by Gasteiger charge is -2.23. The summed E-state index contributed by atoms with van der Waals surface area (Å²) in [4.78, 5) is 0. The van der Waals surface area contributed by atoms with E-state index in [9.17, 15) is 0 Å². The van der Waals surface area contributed by atoms with Crippen molar-refractivity contribution in [3.05, 3.63) is 29.8 Å². The summed E-state index contributed by atoms with van der Waals surface area (Å²) in [7, 11) is 0. The second kappa shape index (κ2) is 8.31. The van der Waals surface area contributed by atoms with Gasteiger partial charge in [0.1, 0.15) is 5.75 Å². The van der Waals surface area contributed by atoms with Gasteiger partial charge >= 0.3 is 0 Å². The highest BCUT2D eigenvalue weighted by atomic mass is 16.5. The molecule has 0 saturated heterocycles. The minimum atomic E-state index is 0.246. The molecule has 2 nitrogen and oxygen atoms in total. The highest BCUT2D eigenvalue weighted by Gasteiger charge is 2.17. The third-order valence-corrected chi connectivity index (χ3v) is 4.07. The molecule has 1 atom stereocenters. The molecule has 1 aromatic carbocycles. The molecule has 0 aliphatic rings. The van der Waals surface area contributed by atoms with Crippen LogP contribution in [0.2, 0.25) is 0 Å².